The number of halogens is 2. The Labute approximate surface area is 180 Å². The van der Waals surface area contributed by atoms with E-state index in [1.165, 1.54) is 5.56 Å². The fourth-order valence-electron chi connectivity index (χ4n) is 2.36. The summed E-state index contributed by atoms with van der Waals surface area (Å²) in [5.41, 5.74) is 2.45. The molecular weight excluding hydrogens is 511 g/mol. The van der Waals surface area contributed by atoms with Gasteiger partial charge in [-0.25, -0.2) is 4.98 Å². The van der Waals surface area contributed by atoms with Gasteiger partial charge in [-0.05, 0) is 24.6 Å². The van der Waals surface area contributed by atoms with Crippen LogP contribution in [-0.4, -0.2) is 31.1 Å². The van der Waals surface area contributed by atoms with Gasteiger partial charge >= 0.3 is 0 Å². The molecule has 1 aromatic carbocycles. The van der Waals surface area contributed by atoms with Crippen LogP contribution in [0, 0.1) is 6.92 Å². The number of aromatic nitrogens is 1. The van der Waals surface area contributed by atoms with Gasteiger partial charge in [0.15, 0.2) is 5.96 Å². The fraction of sp³-hybridized carbons (Fsp3) is 0.444. The van der Waals surface area contributed by atoms with E-state index in [0.29, 0.717) is 0 Å². The zero-order chi connectivity index (χ0) is 17.6. The number of hydrogen-bond donors (Lipinski definition) is 2. The largest absolute Gasteiger partial charge is 0.356 e. The van der Waals surface area contributed by atoms with Gasteiger partial charge in [0.2, 0.25) is 0 Å². The number of nitrogens with zero attached hydrogens (tertiary/aromatic N) is 2. The summed E-state index contributed by atoms with van der Waals surface area (Å²) >= 11 is 5.18. The number of aliphatic imine (C=N–C) groups is 1. The summed E-state index contributed by atoms with van der Waals surface area (Å²) in [6.07, 6.45) is 0.904. The van der Waals surface area contributed by atoms with Gasteiger partial charge in [0.05, 0.1) is 10.7 Å². The first kappa shape index (κ1) is 22.4. The fourth-order valence-corrected chi connectivity index (χ4v) is 3.27. The first-order chi connectivity index (χ1) is 11.4. The summed E-state index contributed by atoms with van der Waals surface area (Å²) in [6.45, 7) is 8.13. The Morgan fingerprint density at radius 3 is 2.48 bits per heavy atom. The Morgan fingerprint density at radius 1 is 1.24 bits per heavy atom. The maximum absolute atomic E-state index is 4.48. The van der Waals surface area contributed by atoms with Crippen LogP contribution in [0.4, 0.5) is 0 Å². The molecule has 0 atom stereocenters. The highest BCUT2D eigenvalue weighted by Crippen LogP contribution is 2.23. The second kappa shape index (κ2) is 10.5. The zero-order valence-corrected chi connectivity index (χ0v) is 19.8. The van der Waals surface area contributed by atoms with Gasteiger partial charge in [0.1, 0.15) is 0 Å². The van der Waals surface area contributed by atoms with Gasteiger partial charge in [0, 0.05) is 41.8 Å². The Kier molecular flexibility index (Phi) is 9.37. The highest BCUT2D eigenvalue weighted by molar-refractivity contribution is 14.0. The van der Waals surface area contributed by atoms with E-state index in [2.05, 4.69) is 80.0 Å². The van der Waals surface area contributed by atoms with Crippen molar-refractivity contribution in [1.29, 1.82) is 0 Å². The number of nitrogens with one attached hydrogen (secondary N) is 2. The summed E-state index contributed by atoms with van der Waals surface area (Å²) in [6, 6.07) is 8.49. The summed E-state index contributed by atoms with van der Waals surface area (Å²) in [7, 11) is 1.80. The SMILES string of the molecule is CN=C(NCCc1csc(C)n1)NCC(C)(C)c1ccc(Br)cc1.I. The molecule has 4 nitrogen and oxygen atoms in total. The van der Waals surface area contributed by atoms with Gasteiger partial charge in [-0.3, -0.25) is 4.99 Å². The molecule has 0 saturated carbocycles. The van der Waals surface area contributed by atoms with E-state index in [1.54, 1.807) is 18.4 Å². The molecule has 1 heterocycles. The normalized spacial score (nSPS) is 11.8. The summed E-state index contributed by atoms with van der Waals surface area (Å²) in [4.78, 5) is 8.78. The Hall–Kier alpha value is -0.670. The van der Waals surface area contributed by atoms with Gasteiger partial charge in [-0.2, -0.15) is 0 Å². The third-order valence-electron chi connectivity index (χ3n) is 3.89. The lowest BCUT2D eigenvalue weighted by molar-refractivity contribution is 0.508. The monoisotopic (exact) mass is 536 g/mol. The molecule has 0 fully saturated rings. The molecule has 0 unspecified atom stereocenters. The minimum absolute atomic E-state index is 0. The van der Waals surface area contributed by atoms with Crippen molar-refractivity contribution in [3.05, 3.63) is 50.4 Å². The number of hydrogen-bond acceptors (Lipinski definition) is 3. The second-order valence-electron chi connectivity index (χ2n) is 6.35. The van der Waals surface area contributed by atoms with E-state index in [9.17, 15) is 0 Å². The first-order valence-corrected chi connectivity index (χ1v) is 9.69. The lowest BCUT2D eigenvalue weighted by Gasteiger charge is -2.27. The van der Waals surface area contributed by atoms with Crippen molar-refractivity contribution < 1.29 is 0 Å². The Balaban J connectivity index is 0.00000312. The molecular formula is C18H26BrIN4S. The van der Waals surface area contributed by atoms with E-state index in [-0.39, 0.29) is 29.4 Å². The molecule has 0 spiro atoms. The number of guanidine groups is 1. The van der Waals surface area contributed by atoms with Crippen molar-refractivity contribution in [2.45, 2.75) is 32.6 Å². The summed E-state index contributed by atoms with van der Waals surface area (Å²) in [5.74, 6) is 0.826. The van der Waals surface area contributed by atoms with Crippen LogP contribution in [0.1, 0.15) is 30.1 Å². The molecule has 0 aliphatic heterocycles. The molecule has 2 N–H and O–H groups in total. The van der Waals surface area contributed by atoms with Crippen molar-refractivity contribution in [2.24, 2.45) is 4.99 Å². The topological polar surface area (TPSA) is 49.3 Å². The molecule has 25 heavy (non-hydrogen) atoms. The number of benzene rings is 1. The van der Waals surface area contributed by atoms with Crippen LogP contribution >= 0.6 is 51.2 Å². The van der Waals surface area contributed by atoms with Crippen LogP contribution in [0.2, 0.25) is 0 Å². The van der Waals surface area contributed by atoms with Gasteiger partial charge in [-0.1, -0.05) is 41.9 Å². The van der Waals surface area contributed by atoms with Crippen molar-refractivity contribution in [3.63, 3.8) is 0 Å². The third kappa shape index (κ3) is 7.22. The smallest absolute Gasteiger partial charge is 0.191 e. The minimum Gasteiger partial charge on any atom is -0.356 e. The lowest BCUT2D eigenvalue weighted by Crippen LogP contribution is -2.44. The quantitative estimate of drug-likeness (QED) is 0.324. The lowest BCUT2D eigenvalue weighted by atomic mass is 9.85. The summed E-state index contributed by atoms with van der Waals surface area (Å²) in [5, 5.41) is 10.0. The predicted molar refractivity (Wildman–Crippen MR) is 123 cm³/mol. The van der Waals surface area contributed by atoms with Crippen LogP contribution in [0.15, 0.2) is 39.1 Å². The molecule has 0 radical (unpaired) electrons. The molecule has 0 aliphatic rings. The summed E-state index contributed by atoms with van der Waals surface area (Å²) < 4.78 is 1.10. The van der Waals surface area contributed by atoms with E-state index in [1.807, 2.05) is 6.92 Å². The van der Waals surface area contributed by atoms with Crippen molar-refractivity contribution in [2.75, 3.05) is 20.1 Å². The Bertz CT molecular complexity index is 683. The Morgan fingerprint density at radius 2 is 1.92 bits per heavy atom. The molecule has 138 valence electrons. The molecule has 1 aromatic heterocycles. The van der Waals surface area contributed by atoms with Crippen LogP contribution in [0.25, 0.3) is 0 Å². The maximum Gasteiger partial charge on any atom is 0.191 e. The molecule has 0 aliphatic carbocycles. The highest BCUT2D eigenvalue weighted by atomic mass is 127. The van der Waals surface area contributed by atoms with E-state index >= 15 is 0 Å². The van der Waals surface area contributed by atoms with Gasteiger partial charge in [-0.15, -0.1) is 35.3 Å². The molecule has 0 amide bonds. The van der Waals surface area contributed by atoms with Gasteiger partial charge < -0.3 is 10.6 Å². The van der Waals surface area contributed by atoms with E-state index in [0.717, 1.165) is 40.6 Å². The second-order valence-corrected chi connectivity index (χ2v) is 8.33. The molecule has 0 saturated heterocycles. The van der Waals surface area contributed by atoms with Gasteiger partial charge in [0.25, 0.3) is 0 Å². The van der Waals surface area contributed by atoms with E-state index in [4.69, 9.17) is 0 Å². The maximum atomic E-state index is 4.48. The number of aryl methyl sites for hydroxylation is 1. The van der Waals surface area contributed by atoms with E-state index < -0.39 is 0 Å². The van der Waals surface area contributed by atoms with Crippen LogP contribution < -0.4 is 10.6 Å². The number of thiazole rings is 1. The highest BCUT2D eigenvalue weighted by Gasteiger charge is 2.20. The minimum atomic E-state index is 0. The molecule has 0 bridgehead atoms. The van der Waals surface area contributed by atoms with Crippen LogP contribution in [-0.2, 0) is 11.8 Å². The van der Waals surface area contributed by atoms with Crippen molar-refractivity contribution >= 4 is 57.2 Å². The standard InChI is InChI=1S/C18H25BrN4S.HI/c1-13-23-16(11-24-13)9-10-21-17(20-4)22-12-18(2,3)14-5-7-15(19)8-6-14;/h5-8,11H,9-10,12H2,1-4H3,(H2,20,21,22);1H. The predicted octanol–water partition coefficient (Wildman–Crippen LogP) is 4.52. The van der Waals surface area contributed by atoms with Crippen molar-refractivity contribution in [3.8, 4) is 0 Å². The first-order valence-electron chi connectivity index (χ1n) is 8.02. The number of rotatable bonds is 6. The molecule has 2 rings (SSSR count). The average molecular weight is 537 g/mol. The molecule has 7 heteroatoms. The third-order valence-corrected chi connectivity index (χ3v) is 5.24. The molecule has 2 aromatic rings. The van der Waals surface area contributed by atoms with Crippen molar-refractivity contribution in [1.82, 2.24) is 15.6 Å². The average Bonchev–Trinajstić information content (AvgIpc) is 2.96. The van der Waals surface area contributed by atoms with Crippen LogP contribution in [0.5, 0.6) is 0 Å². The van der Waals surface area contributed by atoms with Crippen LogP contribution in [0.3, 0.4) is 0 Å². The zero-order valence-electron chi connectivity index (χ0n) is 15.1.